The third-order valence-electron chi connectivity index (χ3n) is 5.02. The van der Waals surface area contributed by atoms with Crippen LogP contribution in [0, 0.1) is 11.3 Å². The molecule has 3 rings (SSSR count). The van der Waals surface area contributed by atoms with Crippen LogP contribution in [0.15, 0.2) is 71.7 Å². The summed E-state index contributed by atoms with van der Waals surface area (Å²) in [6.07, 6.45) is 2.45. The van der Waals surface area contributed by atoms with Crippen LogP contribution in [0.1, 0.15) is 19.8 Å². The lowest BCUT2D eigenvalue weighted by atomic mass is 10.4. The second-order valence-electron chi connectivity index (χ2n) is 6.42. The van der Waals surface area contributed by atoms with E-state index in [9.17, 15) is 5.26 Å². The van der Waals surface area contributed by atoms with Crippen molar-refractivity contribution in [3.05, 3.63) is 71.7 Å². The van der Waals surface area contributed by atoms with E-state index in [2.05, 4.69) is 73.1 Å². The van der Waals surface area contributed by atoms with Gasteiger partial charge in [-0.2, -0.15) is 5.26 Å². The largest absolute Gasteiger partial charge is 1.00 e. The molecule has 2 aromatic carbocycles. The first-order valence-corrected chi connectivity index (χ1v) is 10.8. The zero-order chi connectivity index (χ0) is 17.0. The lowest BCUT2D eigenvalue weighted by Gasteiger charge is -2.26. The molecule has 2 nitrogen and oxygen atoms in total. The number of nitriles is 1. The summed E-state index contributed by atoms with van der Waals surface area (Å²) in [4.78, 5) is 2.39. The van der Waals surface area contributed by atoms with Crippen LogP contribution in [0.2, 0.25) is 0 Å². The lowest BCUT2D eigenvalue weighted by Crippen LogP contribution is -3.00. The van der Waals surface area contributed by atoms with Crippen molar-refractivity contribution in [3.8, 4) is 6.07 Å². The average molecular weight is 462 g/mol. The summed E-state index contributed by atoms with van der Waals surface area (Å²) < 4.78 is 0. The fourth-order valence-corrected chi connectivity index (χ4v) is 6.91. The molecule has 1 aliphatic heterocycles. The maximum atomic E-state index is 10.1. The second-order valence-corrected chi connectivity index (χ2v) is 9.91. The number of allylic oxidation sites excluding steroid dienone is 2. The van der Waals surface area contributed by atoms with Crippen molar-refractivity contribution in [2.75, 3.05) is 19.8 Å². The number of likely N-dealkylation sites (tertiary alicyclic amines) is 1. The Morgan fingerprint density at radius 3 is 1.76 bits per heavy atom. The van der Waals surface area contributed by atoms with E-state index < -0.39 is 7.26 Å². The fraction of sp³-hybridized carbons (Fsp3) is 0.286. The molecule has 0 radical (unpaired) electrons. The van der Waals surface area contributed by atoms with Crippen LogP contribution in [0.3, 0.4) is 0 Å². The summed E-state index contributed by atoms with van der Waals surface area (Å²) in [7, 11) is -1.92. The van der Waals surface area contributed by atoms with Crippen molar-refractivity contribution in [1.82, 2.24) is 4.90 Å². The maximum Gasteiger partial charge on any atom is 0.198 e. The van der Waals surface area contributed by atoms with Crippen molar-refractivity contribution in [3.63, 3.8) is 0 Å². The molecule has 1 saturated heterocycles. The number of benzene rings is 2. The van der Waals surface area contributed by atoms with Crippen LogP contribution in [0.25, 0.3) is 0 Å². The summed E-state index contributed by atoms with van der Waals surface area (Å²) in [5.41, 5.74) is 1.17. The van der Waals surface area contributed by atoms with Gasteiger partial charge >= 0.3 is 0 Å². The molecule has 0 atom stereocenters. The molecule has 1 fully saturated rings. The standard InChI is InChI=1S/C21H24N2P.HI/c1-18(23-15-9-10-16-23)21(17-22)24(2,19-11-5-3-6-12-19)20-13-7-4-8-14-20;/h3-8,11-14H,9-10,15-16H2,1-2H3;1H/q+1;/p-1. The first-order chi connectivity index (χ1) is 11.7. The Morgan fingerprint density at radius 1 is 0.920 bits per heavy atom. The van der Waals surface area contributed by atoms with Gasteiger partial charge in [0.1, 0.15) is 23.9 Å². The fourth-order valence-electron chi connectivity index (χ4n) is 3.57. The highest BCUT2D eigenvalue weighted by molar-refractivity contribution is 7.92. The molecule has 0 spiro atoms. The predicted molar refractivity (Wildman–Crippen MR) is 104 cm³/mol. The summed E-state index contributed by atoms with van der Waals surface area (Å²) in [6.45, 7) is 6.56. The zero-order valence-corrected chi connectivity index (χ0v) is 17.9. The number of hydrogen-bond acceptors (Lipinski definition) is 2. The first-order valence-electron chi connectivity index (χ1n) is 8.52. The molecule has 4 heteroatoms. The van der Waals surface area contributed by atoms with Crippen molar-refractivity contribution in [2.45, 2.75) is 19.8 Å². The van der Waals surface area contributed by atoms with Crippen LogP contribution in [0.5, 0.6) is 0 Å². The molecular formula is C21H24IN2P. The smallest absolute Gasteiger partial charge is 0.198 e. The minimum atomic E-state index is -1.92. The van der Waals surface area contributed by atoms with E-state index in [1.54, 1.807) is 0 Å². The molecule has 1 aliphatic rings. The summed E-state index contributed by atoms with van der Waals surface area (Å²) in [5, 5.41) is 13.6. The van der Waals surface area contributed by atoms with E-state index >= 15 is 0 Å². The van der Waals surface area contributed by atoms with Gasteiger partial charge in [-0.05, 0) is 44.0 Å². The Balaban J connectivity index is 0.00000225. The van der Waals surface area contributed by atoms with Gasteiger partial charge in [-0.3, -0.25) is 0 Å². The van der Waals surface area contributed by atoms with Gasteiger partial charge in [-0.25, -0.2) is 0 Å². The quantitative estimate of drug-likeness (QED) is 0.387. The highest BCUT2D eigenvalue weighted by Gasteiger charge is 2.44. The Kier molecular flexibility index (Phi) is 7.04. The summed E-state index contributed by atoms with van der Waals surface area (Å²) in [5.74, 6) is 0. The van der Waals surface area contributed by atoms with Gasteiger partial charge in [0.2, 0.25) is 0 Å². The van der Waals surface area contributed by atoms with Crippen molar-refractivity contribution in [1.29, 1.82) is 5.26 Å². The van der Waals surface area contributed by atoms with Gasteiger partial charge in [0, 0.05) is 13.1 Å². The first kappa shape index (κ1) is 19.9. The van der Waals surface area contributed by atoms with Gasteiger partial charge < -0.3 is 28.9 Å². The molecule has 0 aliphatic carbocycles. The van der Waals surface area contributed by atoms with Crippen LogP contribution >= 0.6 is 7.26 Å². The third-order valence-corrected chi connectivity index (χ3v) is 9.00. The topological polar surface area (TPSA) is 27.0 Å². The van der Waals surface area contributed by atoms with Gasteiger partial charge in [-0.1, -0.05) is 36.4 Å². The molecule has 0 N–H and O–H groups in total. The van der Waals surface area contributed by atoms with E-state index in [1.165, 1.54) is 29.1 Å². The van der Waals surface area contributed by atoms with Gasteiger partial charge in [0.05, 0.1) is 12.4 Å². The summed E-state index contributed by atoms with van der Waals surface area (Å²) >= 11 is 0. The van der Waals surface area contributed by atoms with Crippen molar-refractivity contribution < 1.29 is 24.0 Å². The number of rotatable bonds is 4. The molecule has 0 aromatic heterocycles. The van der Waals surface area contributed by atoms with Gasteiger partial charge in [0.25, 0.3) is 0 Å². The van der Waals surface area contributed by atoms with Crippen molar-refractivity contribution >= 4 is 17.9 Å². The summed E-state index contributed by atoms with van der Waals surface area (Å²) in [6, 6.07) is 23.7. The molecule has 0 saturated carbocycles. The van der Waals surface area contributed by atoms with Gasteiger partial charge in [0.15, 0.2) is 5.31 Å². The Labute approximate surface area is 168 Å². The minimum absolute atomic E-state index is 0. The molecule has 130 valence electrons. The van der Waals surface area contributed by atoms with Crippen LogP contribution < -0.4 is 34.6 Å². The van der Waals surface area contributed by atoms with E-state index in [0.717, 1.165) is 18.4 Å². The molecule has 25 heavy (non-hydrogen) atoms. The molecule has 2 aromatic rings. The monoisotopic (exact) mass is 462 g/mol. The van der Waals surface area contributed by atoms with Crippen LogP contribution in [-0.4, -0.2) is 24.7 Å². The Bertz CT molecular complexity index is 720. The van der Waals surface area contributed by atoms with E-state index in [1.807, 2.05) is 12.1 Å². The number of halogens is 1. The average Bonchev–Trinajstić information content (AvgIpc) is 3.18. The molecule has 0 unspecified atom stereocenters. The molecule has 1 heterocycles. The van der Waals surface area contributed by atoms with Crippen LogP contribution in [0.4, 0.5) is 0 Å². The Morgan fingerprint density at radius 2 is 1.36 bits per heavy atom. The van der Waals surface area contributed by atoms with E-state index in [4.69, 9.17) is 0 Å². The lowest BCUT2D eigenvalue weighted by molar-refractivity contribution is -0.00000517. The SMILES string of the molecule is CC(=C(C#N)[P+](C)(c1ccccc1)c1ccccc1)N1CCCC1.[I-]. The Hall–Kier alpha value is -1.37. The van der Waals surface area contributed by atoms with Crippen molar-refractivity contribution in [2.24, 2.45) is 0 Å². The van der Waals surface area contributed by atoms with Crippen LogP contribution in [-0.2, 0) is 0 Å². The normalized spacial score (nSPS) is 15.2. The highest BCUT2D eigenvalue weighted by Crippen LogP contribution is 2.61. The van der Waals surface area contributed by atoms with Gasteiger partial charge in [-0.15, -0.1) is 0 Å². The highest BCUT2D eigenvalue weighted by atomic mass is 127. The number of nitrogens with zero attached hydrogens (tertiary/aromatic N) is 2. The maximum absolute atomic E-state index is 10.1. The van der Waals surface area contributed by atoms with E-state index in [0.29, 0.717) is 0 Å². The third kappa shape index (κ3) is 3.91. The zero-order valence-electron chi connectivity index (χ0n) is 14.8. The molecule has 0 bridgehead atoms. The molecular weight excluding hydrogens is 438 g/mol. The predicted octanol–water partition coefficient (Wildman–Crippen LogP) is 1.14. The number of hydrogen-bond donors (Lipinski definition) is 0. The van der Waals surface area contributed by atoms with E-state index in [-0.39, 0.29) is 24.0 Å². The minimum Gasteiger partial charge on any atom is -1.00 e. The second kappa shape index (κ2) is 8.83. The molecule has 0 amide bonds.